The van der Waals surface area contributed by atoms with E-state index in [1.54, 1.807) is 0 Å². The van der Waals surface area contributed by atoms with Crippen molar-refractivity contribution in [3.63, 3.8) is 0 Å². The Labute approximate surface area is 282 Å². The fraction of sp³-hybridized carbons (Fsp3) is 0. The summed E-state index contributed by atoms with van der Waals surface area (Å²) in [6.45, 7) is 0. The fourth-order valence-corrected chi connectivity index (χ4v) is 6.27. The molecular formula is C43H27N5O. The van der Waals surface area contributed by atoms with Crippen molar-refractivity contribution < 1.29 is 4.42 Å². The minimum atomic E-state index is 0.579. The lowest BCUT2D eigenvalue weighted by Gasteiger charge is -2.13. The molecule has 0 saturated carbocycles. The molecule has 49 heavy (non-hydrogen) atoms. The number of para-hydroxylation sites is 1. The number of hydrogen-bond donors (Lipinski definition) is 0. The lowest BCUT2D eigenvalue weighted by molar-refractivity contribution is 0.620. The lowest BCUT2D eigenvalue weighted by Crippen LogP contribution is -2.00. The van der Waals surface area contributed by atoms with Crippen LogP contribution in [0.2, 0.25) is 0 Å². The summed E-state index contributed by atoms with van der Waals surface area (Å²) < 4.78 is 6.28. The van der Waals surface area contributed by atoms with E-state index in [9.17, 15) is 0 Å². The number of hydrogen-bond acceptors (Lipinski definition) is 6. The first-order valence-corrected chi connectivity index (χ1v) is 16.1. The highest BCUT2D eigenvalue weighted by molar-refractivity contribution is 5.99. The molecule has 6 aromatic carbocycles. The van der Waals surface area contributed by atoms with E-state index in [4.69, 9.17) is 24.4 Å². The van der Waals surface area contributed by atoms with Gasteiger partial charge in [-0.15, -0.1) is 0 Å². The molecule has 6 heteroatoms. The van der Waals surface area contributed by atoms with Gasteiger partial charge in [0.05, 0.1) is 0 Å². The van der Waals surface area contributed by atoms with Gasteiger partial charge in [-0.25, -0.2) is 19.9 Å². The maximum absolute atomic E-state index is 6.28. The number of rotatable bonds is 6. The Morgan fingerprint density at radius 2 is 0.959 bits per heavy atom. The Hall–Kier alpha value is -6.79. The van der Waals surface area contributed by atoms with Crippen molar-refractivity contribution >= 4 is 21.9 Å². The maximum atomic E-state index is 6.28. The minimum Gasteiger partial charge on any atom is -0.436 e. The Morgan fingerprint density at radius 1 is 0.408 bits per heavy atom. The van der Waals surface area contributed by atoms with Crippen molar-refractivity contribution in [1.82, 2.24) is 24.9 Å². The lowest BCUT2D eigenvalue weighted by atomic mass is 9.93. The second-order valence-electron chi connectivity index (χ2n) is 11.8. The van der Waals surface area contributed by atoms with Crippen LogP contribution in [0, 0.1) is 0 Å². The summed E-state index contributed by atoms with van der Waals surface area (Å²) in [6, 6.07) is 51.0. The van der Waals surface area contributed by atoms with Gasteiger partial charge in [-0.1, -0.05) is 109 Å². The van der Waals surface area contributed by atoms with E-state index in [1.165, 1.54) is 0 Å². The largest absolute Gasteiger partial charge is 0.436 e. The third kappa shape index (κ3) is 5.41. The molecule has 0 atom stereocenters. The molecule has 0 unspecified atom stereocenters. The van der Waals surface area contributed by atoms with Crippen LogP contribution in [0.4, 0.5) is 0 Å². The van der Waals surface area contributed by atoms with Crippen LogP contribution < -0.4 is 0 Å². The SMILES string of the molecule is c1ccc(-c2nc(-c3ccccc3)nc(-c3cc(-c4cccc5cnccc45)cc(-c4cccc5oc(-c6ccccc6)nc45)c3)n2)cc1. The van der Waals surface area contributed by atoms with E-state index in [2.05, 4.69) is 53.5 Å². The number of oxazole rings is 1. The van der Waals surface area contributed by atoms with Gasteiger partial charge in [-0.05, 0) is 64.5 Å². The summed E-state index contributed by atoms with van der Waals surface area (Å²) in [4.78, 5) is 24.4. The normalized spacial score (nSPS) is 11.3. The number of benzene rings is 6. The molecule has 0 bridgehead atoms. The predicted molar refractivity (Wildman–Crippen MR) is 195 cm³/mol. The minimum absolute atomic E-state index is 0.579. The Balaban J connectivity index is 1.30. The molecule has 0 saturated heterocycles. The Kier molecular flexibility index (Phi) is 7.02. The van der Waals surface area contributed by atoms with Gasteiger partial charge in [0.1, 0.15) is 5.52 Å². The highest BCUT2D eigenvalue weighted by Gasteiger charge is 2.18. The molecule has 0 fully saturated rings. The van der Waals surface area contributed by atoms with E-state index in [0.29, 0.717) is 23.4 Å². The van der Waals surface area contributed by atoms with Gasteiger partial charge in [-0.2, -0.15) is 0 Å². The van der Waals surface area contributed by atoms with E-state index in [1.807, 2.05) is 116 Å². The molecule has 9 aromatic rings. The average Bonchev–Trinajstić information content (AvgIpc) is 3.63. The summed E-state index contributed by atoms with van der Waals surface area (Å²) in [5.41, 5.74) is 9.17. The maximum Gasteiger partial charge on any atom is 0.227 e. The molecule has 230 valence electrons. The molecule has 0 radical (unpaired) electrons. The third-order valence-corrected chi connectivity index (χ3v) is 8.63. The highest BCUT2D eigenvalue weighted by Crippen LogP contribution is 2.38. The average molecular weight is 630 g/mol. The van der Waals surface area contributed by atoms with E-state index in [0.717, 1.165) is 66.4 Å². The summed E-state index contributed by atoms with van der Waals surface area (Å²) >= 11 is 0. The molecule has 3 heterocycles. The van der Waals surface area contributed by atoms with Gasteiger partial charge in [0.2, 0.25) is 5.89 Å². The van der Waals surface area contributed by atoms with Gasteiger partial charge in [0.25, 0.3) is 0 Å². The summed E-state index contributed by atoms with van der Waals surface area (Å²) in [7, 11) is 0. The number of aromatic nitrogens is 5. The number of fused-ring (bicyclic) bond motifs is 2. The van der Waals surface area contributed by atoms with Crippen LogP contribution >= 0.6 is 0 Å². The number of nitrogens with zero attached hydrogens (tertiary/aromatic N) is 5. The quantitative estimate of drug-likeness (QED) is 0.182. The van der Waals surface area contributed by atoms with E-state index >= 15 is 0 Å². The van der Waals surface area contributed by atoms with Gasteiger partial charge >= 0.3 is 0 Å². The zero-order chi connectivity index (χ0) is 32.6. The fourth-order valence-electron chi connectivity index (χ4n) is 6.27. The van der Waals surface area contributed by atoms with Crippen molar-refractivity contribution in [3.05, 3.63) is 164 Å². The molecule has 0 amide bonds. The number of pyridine rings is 1. The summed E-state index contributed by atoms with van der Waals surface area (Å²) in [5.74, 6) is 2.38. The van der Waals surface area contributed by atoms with Crippen molar-refractivity contribution in [2.24, 2.45) is 0 Å². The van der Waals surface area contributed by atoms with Gasteiger partial charge in [0, 0.05) is 45.6 Å². The van der Waals surface area contributed by atoms with Crippen molar-refractivity contribution in [2.75, 3.05) is 0 Å². The second-order valence-corrected chi connectivity index (χ2v) is 11.8. The third-order valence-electron chi connectivity index (χ3n) is 8.63. The van der Waals surface area contributed by atoms with Crippen LogP contribution in [0.5, 0.6) is 0 Å². The van der Waals surface area contributed by atoms with E-state index in [-0.39, 0.29) is 0 Å². The van der Waals surface area contributed by atoms with Gasteiger partial charge in [0.15, 0.2) is 23.1 Å². The van der Waals surface area contributed by atoms with Crippen LogP contribution in [0.15, 0.2) is 168 Å². The van der Waals surface area contributed by atoms with Crippen molar-refractivity contribution in [3.8, 4) is 67.9 Å². The Bertz CT molecular complexity index is 2540. The molecular weight excluding hydrogens is 603 g/mol. The smallest absolute Gasteiger partial charge is 0.227 e. The van der Waals surface area contributed by atoms with Crippen LogP contribution in [0.3, 0.4) is 0 Å². The monoisotopic (exact) mass is 629 g/mol. The molecule has 3 aromatic heterocycles. The zero-order valence-electron chi connectivity index (χ0n) is 26.2. The molecule has 0 aliphatic rings. The zero-order valence-corrected chi connectivity index (χ0v) is 26.2. The van der Waals surface area contributed by atoms with Crippen LogP contribution in [-0.2, 0) is 0 Å². The Morgan fingerprint density at radius 3 is 1.63 bits per heavy atom. The summed E-state index contributed by atoms with van der Waals surface area (Å²) in [6.07, 6.45) is 3.73. The molecule has 9 rings (SSSR count). The topological polar surface area (TPSA) is 77.6 Å². The first-order valence-electron chi connectivity index (χ1n) is 16.1. The molecule has 0 aliphatic carbocycles. The molecule has 0 N–H and O–H groups in total. The highest BCUT2D eigenvalue weighted by atomic mass is 16.3. The van der Waals surface area contributed by atoms with Gasteiger partial charge < -0.3 is 4.42 Å². The van der Waals surface area contributed by atoms with Crippen LogP contribution in [0.1, 0.15) is 0 Å². The second kappa shape index (κ2) is 12.1. The van der Waals surface area contributed by atoms with Crippen molar-refractivity contribution in [2.45, 2.75) is 0 Å². The molecule has 0 aliphatic heterocycles. The van der Waals surface area contributed by atoms with Gasteiger partial charge in [-0.3, -0.25) is 4.98 Å². The predicted octanol–water partition coefficient (Wildman–Crippen LogP) is 10.6. The van der Waals surface area contributed by atoms with Crippen molar-refractivity contribution in [1.29, 1.82) is 0 Å². The molecule has 6 nitrogen and oxygen atoms in total. The van der Waals surface area contributed by atoms with Crippen LogP contribution in [0.25, 0.3) is 89.7 Å². The first kappa shape index (κ1) is 28.4. The van der Waals surface area contributed by atoms with Crippen LogP contribution in [-0.4, -0.2) is 24.9 Å². The first-order chi connectivity index (χ1) is 24.3. The summed E-state index contributed by atoms with van der Waals surface area (Å²) in [5, 5.41) is 2.17. The molecule has 0 spiro atoms. The standard InChI is InChI=1S/C43H27N5O/c1-4-12-28(13-5-1)40-46-41(29-14-6-2-7-15-29)48-42(47-40)34-25-32(35-19-10-18-31-27-44-23-22-36(31)35)24-33(26-34)37-20-11-21-38-39(37)45-43(49-38)30-16-8-3-9-17-30/h1-27H. The van der Waals surface area contributed by atoms with E-state index < -0.39 is 0 Å².